The summed E-state index contributed by atoms with van der Waals surface area (Å²) >= 11 is 0. The van der Waals surface area contributed by atoms with Crippen LogP contribution in [0, 0.1) is 71.1 Å². The molecule has 0 bridgehead atoms. The SMILES string of the molecule is Cc1ccc2c(c1)c1cc(C)ccc1n2-c1c(C#N)c(-n2c3ccccc3c3cc(C#N)ccc32)c(-c2cccc(C)n2)c(-n2c3ccc(C)cc3c3cc(C)ccc32)c1-n1c2ccc(C)cc2c2cc(C)ccc21. The van der Waals surface area contributed by atoms with Crippen molar-refractivity contribution in [2.75, 3.05) is 0 Å². The maximum atomic E-state index is 12.8. The number of nitriles is 2. The van der Waals surface area contributed by atoms with Gasteiger partial charge in [-0.05, 0) is 158 Å². The minimum Gasteiger partial charge on any atom is -0.307 e. The number of fused-ring (bicyclic) bond motifs is 12. The number of nitrogens with zero attached hydrogens (tertiary/aromatic N) is 7. The van der Waals surface area contributed by atoms with Crippen LogP contribution in [0.25, 0.3) is 121 Å². The van der Waals surface area contributed by atoms with Gasteiger partial charge in [-0.3, -0.25) is 4.98 Å². The first-order chi connectivity index (χ1) is 36.5. The molecule has 0 amide bonds. The number of benzene rings is 9. The summed E-state index contributed by atoms with van der Waals surface area (Å²) in [5.74, 6) is 0. The normalized spacial score (nSPS) is 11.9. The van der Waals surface area contributed by atoms with Crippen LogP contribution in [0.2, 0.25) is 0 Å². The minimum atomic E-state index is 0.473. The Morgan fingerprint density at radius 2 is 0.693 bits per heavy atom. The van der Waals surface area contributed by atoms with Crippen molar-refractivity contribution in [1.29, 1.82) is 10.5 Å². The first-order valence-electron chi connectivity index (χ1n) is 25.6. The Balaban J connectivity index is 1.38. The van der Waals surface area contributed by atoms with Crippen molar-refractivity contribution in [3.05, 3.63) is 220 Å². The number of pyridine rings is 1. The van der Waals surface area contributed by atoms with Gasteiger partial charge in [0, 0.05) is 48.8 Å². The number of para-hydroxylation sites is 1. The second-order valence-electron chi connectivity index (χ2n) is 20.7. The molecule has 0 radical (unpaired) electrons. The molecule has 0 aliphatic heterocycles. The molecule has 0 saturated carbocycles. The maximum absolute atomic E-state index is 12.8. The topological polar surface area (TPSA) is 80.2 Å². The summed E-state index contributed by atoms with van der Waals surface area (Å²) < 4.78 is 9.57. The molecule has 0 saturated heterocycles. The highest BCUT2D eigenvalue weighted by Crippen LogP contribution is 2.52. The number of rotatable bonds is 5. The van der Waals surface area contributed by atoms with Crippen LogP contribution in [0.4, 0.5) is 0 Å². The van der Waals surface area contributed by atoms with Gasteiger partial charge in [-0.1, -0.05) is 94.0 Å². The summed E-state index contributed by atoms with van der Waals surface area (Å²) in [5, 5.41) is 31.8. The summed E-state index contributed by atoms with van der Waals surface area (Å²) in [6.45, 7) is 15.0. The van der Waals surface area contributed by atoms with Crippen LogP contribution in [0.1, 0.15) is 50.2 Å². The van der Waals surface area contributed by atoms with Gasteiger partial charge in [-0.25, -0.2) is 0 Å². The zero-order valence-corrected chi connectivity index (χ0v) is 42.8. The van der Waals surface area contributed by atoms with Gasteiger partial charge < -0.3 is 18.3 Å². The van der Waals surface area contributed by atoms with E-state index in [2.05, 4.69) is 218 Å². The fourth-order valence-electron chi connectivity index (χ4n) is 12.4. The monoisotopic (exact) mass is 963 g/mol. The van der Waals surface area contributed by atoms with Crippen LogP contribution in [0.5, 0.6) is 0 Å². The predicted octanol–water partition coefficient (Wildman–Crippen LogP) is 17.0. The smallest absolute Gasteiger partial charge is 0.104 e. The van der Waals surface area contributed by atoms with Crippen LogP contribution >= 0.6 is 0 Å². The molecule has 5 aromatic heterocycles. The molecular weight excluding hydrogens is 915 g/mol. The summed E-state index contributed by atoms with van der Waals surface area (Å²) in [6.07, 6.45) is 0. The highest BCUT2D eigenvalue weighted by molar-refractivity contribution is 6.17. The summed E-state index contributed by atoms with van der Waals surface area (Å²) in [6, 6.07) is 66.5. The predicted molar refractivity (Wildman–Crippen MR) is 310 cm³/mol. The molecule has 0 aliphatic rings. The molecule has 0 atom stereocenters. The number of aryl methyl sites for hydroxylation is 7. The third-order valence-electron chi connectivity index (χ3n) is 15.6. The molecule has 7 heteroatoms. The zero-order valence-electron chi connectivity index (χ0n) is 42.8. The lowest BCUT2D eigenvalue weighted by Crippen LogP contribution is -2.17. The van der Waals surface area contributed by atoms with E-state index in [0.717, 1.165) is 155 Å². The molecule has 356 valence electrons. The van der Waals surface area contributed by atoms with E-state index in [1.807, 2.05) is 31.2 Å². The average molecular weight is 964 g/mol. The van der Waals surface area contributed by atoms with E-state index in [1.165, 1.54) is 0 Å². The van der Waals surface area contributed by atoms with Crippen molar-refractivity contribution in [2.24, 2.45) is 0 Å². The van der Waals surface area contributed by atoms with Crippen molar-refractivity contribution < 1.29 is 0 Å². The molecule has 9 aromatic carbocycles. The summed E-state index contributed by atoms with van der Waals surface area (Å²) in [5.41, 5.74) is 21.3. The van der Waals surface area contributed by atoms with Crippen molar-refractivity contribution >= 4 is 87.2 Å². The quantitative estimate of drug-likeness (QED) is 0.172. The lowest BCUT2D eigenvalue weighted by molar-refractivity contribution is 1.02. The highest BCUT2D eigenvalue weighted by Gasteiger charge is 2.35. The van der Waals surface area contributed by atoms with Gasteiger partial charge >= 0.3 is 0 Å². The Morgan fingerprint density at radius 1 is 0.320 bits per heavy atom. The second-order valence-corrected chi connectivity index (χ2v) is 20.7. The molecule has 0 spiro atoms. The van der Waals surface area contributed by atoms with Gasteiger partial charge in [0.1, 0.15) is 11.6 Å². The first kappa shape index (κ1) is 44.0. The Labute approximate surface area is 433 Å². The number of hydrogen-bond acceptors (Lipinski definition) is 3. The third kappa shape index (κ3) is 6.35. The minimum absolute atomic E-state index is 0.473. The van der Waals surface area contributed by atoms with Gasteiger partial charge in [0.05, 0.1) is 89.8 Å². The van der Waals surface area contributed by atoms with E-state index in [0.29, 0.717) is 16.8 Å². The summed E-state index contributed by atoms with van der Waals surface area (Å²) in [4.78, 5) is 5.52. The maximum Gasteiger partial charge on any atom is 0.104 e. The van der Waals surface area contributed by atoms with Crippen molar-refractivity contribution in [1.82, 2.24) is 23.3 Å². The van der Waals surface area contributed by atoms with Gasteiger partial charge in [-0.2, -0.15) is 10.5 Å². The molecule has 5 heterocycles. The fraction of sp³-hybridized carbons (Fsp3) is 0.103. The van der Waals surface area contributed by atoms with E-state index < -0.39 is 0 Å². The van der Waals surface area contributed by atoms with Crippen molar-refractivity contribution in [2.45, 2.75) is 48.5 Å². The highest BCUT2D eigenvalue weighted by atomic mass is 15.1. The average Bonchev–Trinajstić information content (AvgIpc) is 4.32. The summed E-state index contributed by atoms with van der Waals surface area (Å²) in [7, 11) is 0. The molecule has 14 aromatic rings. The van der Waals surface area contributed by atoms with Crippen LogP contribution in [-0.4, -0.2) is 23.3 Å². The second kappa shape index (κ2) is 16.2. The van der Waals surface area contributed by atoms with Crippen LogP contribution in [-0.2, 0) is 0 Å². The Kier molecular flexibility index (Phi) is 9.49. The lowest BCUT2D eigenvalue weighted by atomic mass is 9.95. The van der Waals surface area contributed by atoms with Gasteiger partial charge in [0.15, 0.2) is 0 Å². The zero-order chi connectivity index (χ0) is 51.1. The van der Waals surface area contributed by atoms with E-state index in [1.54, 1.807) is 0 Å². The molecule has 7 nitrogen and oxygen atoms in total. The number of aromatic nitrogens is 5. The van der Waals surface area contributed by atoms with Crippen LogP contribution < -0.4 is 0 Å². The molecule has 0 unspecified atom stereocenters. The number of hydrogen-bond donors (Lipinski definition) is 0. The van der Waals surface area contributed by atoms with E-state index in [4.69, 9.17) is 4.98 Å². The van der Waals surface area contributed by atoms with Crippen LogP contribution in [0.3, 0.4) is 0 Å². The first-order valence-corrected chi connectivity index (χ1v) is 25.6. The van der Waals surface area contributed by atoms with E-state index in [-0.39, 0.29) is 0 Å². The van der Waals surface area contributed by atoms with Gasteiger partial charge in [0.25, 0.3) is 0 Å². The Hall–Kier alpha value is -9.69. The standard InChI is InChI=1S/C68H49N7/c1-38-15-22-57-47(29-38)48-30-39(2)16-23-58(48)73(57)66-54(37-70)65(72-56-14-9-8-12-46(56)53-35-45(36-69)21-28-63(53)72)64(55-13-10-11-44(7)71-55)67(74-59-24-17-40(3)31-49(59)50-32-41(4)18-25-60(50)74)68(66)75-61-26-19-42(5)33-51(61)52-34-43(6)20-27-62(52)75/h8-35H,1-7H3. The van der Waals surface area contributed by atoms with Crippen molar-refractivity contribution in [3.63, 3.8) is 0 Å². The fourth-order valence-corrected chi connectivity index (χ4v) is 12.4. The Morgan fingerprint density at radius 3 is 1.12 bits per heavy atom. The lowest BCUT2D eigenvalue weighted by Gasteiger charge is -2.29. The largest absolute Gasteiger partial charge is 0.307 e. The van der Waals surface area contributed by atoms with Crippen molar-refractivity contribution in [3.8, 4) is 46.1 Å². The molecule has 14 rings (SSSR count). The molecule has 0 aliphatic carbocycles. The molecule has 75 heavy (non-hydrogen) atoms. The molecular formula is C68H49N7. The van der Waals surface area contributed by atoms with Gasteiger partial charge in [0.2, 0.25) is 0 Å². The Bertz CT molecular complexity index is 4760. The van der Waals surface area contributed by atoms with E-state index >= 15 is 0 Å². The third-order valence-corrected chi connectivity index (χ3v) is 15.6. The molecule has 0 N–H and O–H groups in total. The van der Waals surface area contributed by atoms with Gasteiger partial charge in [-0.15, -0.1) is 0 Å². The van der Waals surface area contributed by atoms with E-state index in [9.17, 15) is 10.5 Å². The molecule has 0 fully saturated rings. The van der Waals surface area contributed by atoms with Crippen LogP contribution in [0.15, 0.2) is 170 Å².